The number of nitrogens with two attached hydrogens (primary N) is 2. The molecule has 1 aromatic rings. The highest BCUT2D eigenvalue weighted by molar-refractivity contribution is 7.98. The summed E-state index contributed by atoms with van der Waals surface area (Å²) in [4.78, 5) is 49.7. The summed E-state index contributed by atoms with van der Waals surface area (Å²) in [7, 11) is 0. The van der Waals surface area contributed by atoms with Crippen LogP contribution < -0.4 is 27.4 Å². The zero-order chi connectivity index (χ0) is 26.4. The number of aliphatic carboxylic acids is 1. The van der Waals surface area contributed by atoms with Gasteiger partial charge in [0.15, 0.2) is 0 Å². The summed E-state index contributed by atoms with van der Waals surface area (Å²) in [6, 6.07) is 2.06. The molecule has 0 saturated carbocycles. The van der Waals surface area contributed by atoms with Crippen molar-refractivity contribution >= 4 is 35.5 Å². The van der Waals surface area contributed by atoms with Crippen LogP contribution in [0.5, 0.6) is 5.75 Å². The van der Waals surface area contributed by atoms with Crippen molar-refractivity contribution in [1.82, 2.24) is 16.0 Å². The maximum atomic E-state index is 13.2. The van der Waals surface area contributed by atoms with Crippen LogP contribution in [-0.2, 0) is 25.6 Å². The summed E-state index contributed by atoms with van der Waals surface area (Å²) in [5, 5.41) is 26.3. The number of unbranched alkanes of at least 4 members (excludes halogenated alkanes) is 1. The van der Waals surface area contributed by atoms with Gasteiger partial charge in [-0.15, -0.1) is 0 Å². The number of carbonyl (C=O) groups excluding carboxylic acids is 3. The number of hydrogen-bond donors (Lipinski definition) is 7. The number of carbonyl (C=O) groups is 4. The van der Waals surface area contributed by atoms with Gasteiger partial charge in [-0.25, -0.2) is 0 Å². The van der Waals surface area contributed by atoms with Gasteiger partial charge in [0, 0.05) is 6.42 Å². The number of amides is 3. The molecule has 9 N–H and O–H groups in total. The van der Waals surface area contributed by atoms with E-state index in [1.807, 2.05) is 6.26 Å². The third-order valence-electron chi connectivity index (χ3n) is 5.29. The van der Waals surface area contributed by atoms with E-state index in [1.54, 1.807) is 23.9 Å². The molecule has 1 rings (SSSR count). The minimum atomic E-state index is -1.22. The van der Waals surface area contributed by atoms with Crippen LogP contribution in [0, 0.1) is 0 Å². The average Bonchev–Trinajstić information content (AvgIpc) is 2.82. The first kappa shape index (κ1) is 30.2. The van der Waals surface area contributed by atoms with Gasteiger partial charge in [0.25, 0.3) is 0 Å². The number of carboxylic acid groups (broad SMARTS) is 1. The summed E-state index contributed by atoms with van der Waals surface area (Å²) in [6.45, 7) is 1.74. The van der Waals surface area contributed by atoms with Crippen molar-refractivity contribution in [2.45, 2.75) is 63.2 Å². The number of rotatable bonds is 16. The number of benzene rings is 1. The van der Waals surface area contributed by atoms with E-state index in [2.05, 4.69) is 16.0 Å². The van der Waals surface area contributed by atoms with E-state index in [0.29, 0.717) is 43.5 Å². The Balaban J connectivity index is 3.04. The Labute approximate surface area is 209 Å². The molecule has 0 aliphatic carbocycles. The molecule has 0 aliphatic rings. The lowest BCUT2D eigenvalue weighted by Crippen LogP contribution is -2.57. The van der Waals surface area contributed by atoms with Gasteiger partial charge >= 0.3 is 5.97 Å². The molecule has 0 spiro atoms. The number of thioether (sulfide) groups is 1. The van der Waals surface area contributed by atoms with Crippen LogP contribution in [-0.4, -0.2) is 76.6 Å². The van der Waals surface area contributed by atoms with Crippen LogP contribution in [0.1, 0.15) is 38.2 Å². The maximum Gasteiger partial charge on any atom is 0.325 e. The van der Waals surface area contributed by atoms with Gasteiger partial charge in [0.2, 0.25) is 17.7 Å². The Morgan fingerprint density at radius 1 is 0.943 bits per heavy atom. The topological polar surface area (TPSA) is 197 Å². The fraction of sp³-hybridized carbons (Fsp3) is 0.565. The zero-order valence-corrected chi connectivity index (χ0v) is 21.0. The third kappa shape index (κ3) is 11.4. The Kier molecular flexibility index (Phi) is 13.8. The molecule has 0 bridgehead atoms. The highest BCUT2D eigenvalue weighted by Crippen LogP contribution is 2.12. The van der Waals surface area contributed by atoms with E-state index in [0.717, 1.165) is 0 Å². The molecule has 11 nitrogen and oxygen atoms in total. The first-order chi connectivity index (χ1) is 16.6. The molecule has 0 aromatic heterocycles. The van der Waals surface area contributed by atoms with Crippen molar-refractivity contribution in [1.29, 1.82) is 0 Å². The second kappa shape index (κ2) is 16.0. The minimum Gasteiger partial charge on any atom is -0.508 e. The van der Waals surface area contributed by atoms with E-state index in [9.17, 15) is 24.3 Å². The summed E-state index contributed by atoms with van der Waals surface area (Å²) in [5.41, 5.74) is 12.1. The Hall–Kier alpha value is -2.83. The third-order valence-corrected chi connectivity index (χ3v) is 5.93. The largest absolute Gasteiger partial charge is 0.508 e. The molecule has 196 valence electrons. The smallest absolute Gasteiger partial charge is 0.325 e. The van der Waals surface area contributed by atoms with Gasteiger partial charge in [-0.1, -0.05) is 12.1 Å². The standard InChI is InChI=1S/C23H37N5O6S/c1-14(23(33)34)26-22(32)19(13-15-6-8-16(29)9-7-15)28-21(31)18(5-3-4-11-24)27-20(30)17(25)10-12-35-2/h6-9,14,17-19,29H,3-5,10-13,24-25H2,1-2H3,(H,26,32)(H,27,30)(H,28,31)(H,33,34). The highest BCUT2D eigenvalue weighted by atomic mass is 32.2. The number of aromatic hydroxyl groups is 1. The lowest BCUT2D eigenvalue weighted by molar-refractivity contribution is -0.141. The molecule has 4 unspecified atom stereocenters. The molecule has 12 heteroatoms. The van der Waals surface area contributed by atoms with Crippen molar-refractivity contribution in [3.05, 3.63) is 29.8 Å². The van der Waals surface area contributed by atoms with Gasteiger partial charge in [-0.3, -0.25) is 19.2 Å². The van der Waals surface area contributed by atoms with Crippen molar-refractivity contribution in [2.24, 2.45) is 11.5 Å². The Morgan fingerprint density at radius 2 is 1.54 bits per heavy atom. The van der Waals surface area contributed by atoms with Crippen LogP contribution >= 0.6 is 11.8 Å². The SMILES string of the molecule is CSCCC(N)C(=O)NC(CCCCN)C(=O)NC(Cc1ccc(O)cc1)C(=O)NC(C)C(=O)O. The van der Waals surface area contributed by atoms with Crippen LogP contribution in [0.3, 0.4) is 0 Å². The molecule has 0 aliphatic heterocycles. The van der Waals surface area contributed by atoms with Gasteiger partial charge in [-0.2, -0.15) is 11.8 Å². The molecular weight excluding hydrogens is 474 g/mol. The summed E-state index contributed by atoms with van der Waals surface area (Å²) >= 11 is 1.55. The normalized spacial score (nSPS) is 14.3. The molecule has 1 aromatic carbocycles. The molecule has 0 saturated heterocycles. The van der Waals surface area contributed by atoms with Gasteiger partial charge in [0.05, 0.1) is 6.04 Å². The molecule has 0 fully saturated rings. The van der Waals surface area contributed by atoms with Gasteiger partial charge in [0.1, 0.15) is 23.9 Å². The van der Waals surface area contributed by atoms with Crippen LogP contribution in [0.25, 0.3) is 0 Å². The highest BCUT2D eigenvalue weighted by Gasteiger charge is 2.29. The van der Waals surface area contributed by atoms with E-state index in [1.165, 1.54) is 19.1 Å². The number of phenolic OH excluding ortho intramolecular Hbond substituents is 1. The monoisotopic (exact) mass is 511 g/mol. The summed E-state index contributed by atoms with van der Waals surface area (Å²) in [5.74, 6) is -2.24. The lowest BCUT2D eigenvalue weighted by atomic mass is 10.0. The van der Waals surface area contributed by atoms with E-state index in [4.69, 9.17) is 16.6 Å². The fourth-order valence-electron chi connectivity index (χ4n) is 3.14. The quantitative estimate of drug-likeness (QED) is 0.146. The van der Waals surface area contributed by atoms with E-state index >= 15 is 0 Å². The first-order valence-electron chi connectivity index (χ1n) is 11.4. The number of carboxylic acids is 1. The van der Waals surface area contributed by atoms with Crippen LogP contribution in [0.2, 0.25) is 0 Å². The van der Waals surface area contributed by atoms with Crippen LogP contribution in [0.4, 0.5) is 0 Å². The second-order valence-corrected chi connectivity index (χ2v) is 9.22. The van der Waals surface area contributed by atoms with Crippen molar-refractivity contribution in [3.63, 3.8) is 0 Å². The fourth-order valence-corrected chi connectivity index (χ4v) is 3.63. The minimum absolute atomic E-state index is 0.0405. The molecule has 35 heavy (non-hydrogen) atoms. The number of nitrogens with one attached hydrogen (secondary N) is 3. The summed E-state index contributed by atoms with van der Waals surface area (Å²) < 4.78 is 0. The molecule has 4 atom stereocenters. The number of hydrogen-bond acceptors (Lipinski definition) is 8. The predicted octanol–water partition coefficient (Wildman–Crippen LogP) is -0.297. The van der Waals surface area contributed by atoms with Crippen molar-refractivity contribution in [3.8, 4) is 5.75 Å². The van der Waals surface area contributed by atoms with Gasteiger partial charge < -0.3 is 37.6 Å². The Morgan fingerprint density at radius 3 is 2.11 bits per heavy atom. The second-order valence-electron chi connectivity index (χ2n) is 8.23. The van der Waals surface area contributed by atoms with E-state index in [-0.39, 0.29) is 12.2 Å². The molecule has 0 radical (unpaired) electrons. The van der Waals surface area contributed by atoms with Crippen molar-refractivity contribution in [2.75, 3.05) is 18.6 Å². The molecule has 0 heterocycles. The number of phenols is 1. The average molecular weight is 512 g/mol. The maximum absolute atomic E-state index is 13.2. The zero-order valence-electron chi connectivity index (χ0n) is 20.2. The van der Waals surface area contributed by atoms with E-state index < -0.39 is 47.9 Å². The predicted molar refractivity (Wildman–Crippen MR) is 135 cm³/mol. The molecular formula is C23H37N5O6S. The van der Waals surface area contributed by atoms with Crippen LogP contribution in [0.15, 0.2) is 24.3 Å². The van der Waals surface area contributed by atoms with Gasteiger partial charge in [-0.05, 0) is 68.9 Å². The molecule has 3 amide bonds. The Bertz CT molecular complexity index is 838. The summed E-state index contributed by atoms with van der Waals surface area (Å²) in [6.07, 6.45) is 3.90. The first-order valence-corrected chi connectivity index (χ1v) is 12.8. The lowest BCUT2D eigenvalue weighted by Gasteiger charge is -2.25. The van der Waals surface area contributed by atoms with Crippen molar-refractivity contribution < 1.29 is 29.4 Å².